The third kappa shape index (κ3) is 12.2. The van der Waals surface area contributed by atoms with E-state index >= 15 is 0 Å². The summed E-state index contributed by atoms with van der Waals surface area (Å²) in [4.78, 5) is 14.6. The van der Waals surface area contributed by atoms with Gasteiger partial charge in [0.2, 0.25) is 17.3 Å². The smallest absolute Gasteiger partial charge is 0.353 e. The summed E-state index contributed by atoms with van der Waals surface area (Å²) in [5.74, 6) is 0.168. The van der Waals surface area contributed by atoms with Gasteiger partial charge in [-0.2, -0.15) is 23.1 Å². The predicted octanol–water partition coefficient (Wildman–Crippen LogP) is 10.5. The highest BCUT2D eigenvalue weighted by Gasteiger charge is 2.31. The van der Waals surface area contributed by atoms with Crippen molar-refractivity contribution in [2.24, 2.45) is 0 Å². The monoisotopic (exact) mass is 765 g/mol. The second kappa shape index (κ2) is 15.7. The van der Waals surface area contributed by atoms with E-state index in [4.69, 9.17) is 104 Å². The van der Waals surface area contributed by atoms with Gasteiger partial charge in [0.25, 0.3) is 0 Å². The fourth-order valence-electron chi connectivity index (χ4n) is 3.23. The van der Waals surface area contributed by atoms with E-state index in [9.17, 15) is 13.2 Å². The molecule has 17 heteroatoms. The summed E-state index contributed by atoms with van der Waals surface area (Å²) < 4.78 is 33.5. The molecule has 0 amide bonds. The summed E-state index contributed by atoms with van der Waals surface area (Å²) in [5.41, 5.74) is 0.628. The second-order valence-electron chi connectivity index (χ2n) is 8.41. The first kappa shape index (κ1) is 37.8. The summed E-state index contributed by atoms with van der Waals surface area (Å²) in [6.45, 7) is 7.18. The Hall–Kier alpha value is -0.390. The molecule has 42 heavy (non-hydrogen) atoms. The largest absolute Gasteiger partial charge is 0.416 e. The molecular weight excluding hydrogens is 746 g/mol. The number of rotatable bonds is 7. The molecule has 0 saturated carbocycles. The van der Waals surface area contributed by atoms with Gasteiger partial charge in [0.1, 0.15) is 0 Å². The number of benzene rings is 2. The van der Waals surface area contributed by atoms with Gasteiger partial charge in [0.15, 0.2) is 11.6 Å². The second-order valence-corrected chi connectivity index (χ2v) is 15.2. The Labute approximate surface area is 286 Å². The van der Waals surface area contributed by atoms with Gasteiger partial charge in [-0.1, -0.05) is 155 Å². The van der Waals surface area contributed by atoms with E-state index < -0.39 is 23.1 Å². The van der Waals surface area contributed by atoms with E-state index in [-0.39, 0.29) is 17.6 Å². The van der Waals surface area contributed by atoms with Crippen LogP contribution in [-0.2, 0) is 17.6 Å². The van der Waals surface area contributed by atoms with Crippen LogP contribution in [0.4, 0.5) is 19.1 Å². The summed E-state index contributed by atoms with van der Waals surface area (Å²) in [6, 6.07) is 10.8. The first-order valence-electron chi connectivity index (χ1n) is 12.0. The van der Waals surface area contributed by atoms with Crippen LogP contribution in [0.3, 0.4) is 0 Å². The number of alkyl halides is 12. The van der Waals surface area contributed by atoms with Crippen molar-refractivity contribution in [3.8, 4) is 11.4 Å². The maximum absolute atomic E-state index is 12.8. The third-order valence-electron chi connectivity index (χ3n) is 5.50. The minimum atomic E-state index is -4.43. The van der Waals surface area contributed by atoms with E-state index in [1.165, 1.54) is 12.1 Å². The molecule has 1 heterocycles. The van der Waals surface area contributed by atoms with Crippen molar-refractivity contribution >= 4 is 110 Å². The maximum atomic E-state index is 12.8. The van der Waals surface area contributed by atoms with Crippen LogP contribution in [0.2, 0.25) is 0 Å². The van der Waals surface area contributed by atoms with Crippen LogP contribution in [0.1, 0.15) is 36.4 Å². The van der Waals surface area contributed by atoms with E-state index in [2.05, 4.69) is 39.0 Å². The standard InChI is InChI=1S/C17H19Cl3F3N5.C8H4Cl6/c1-3-28(4-2)10-9-24-15-26-13(25-14(27-15)16(18,19)20)11-5-7-12(8-6-11)17(21,22)23;9-7(10,11)5-1-2-6(4-3-5)8(12,13)14/h5-8H,3-4,9-10H2,1-2H3,(H,24,25,26,27);1-4H. The number of likely N-dealkylation sites (N-methyl/N-ethyl adjacent to an activating group) is 1. The van der Waals surface area contributed by atoms with Crippen LogP contribution in [0.25, 0.3) is 11.4 Å². The lowest BCUT2D eigenvalue weighted by Crippen LogP contribution is -2.29. The average molecular weight is 770 g/mol. The highest BCUT2D eigenvalue weighted by atomic mass is 35.6. The fraction of sp³-hybridized carbons (Fsp3) is 0.400. The Morgan fingerprint density at radius 3 is 1.48 bits per heavy atom. The summed E-state index contributed by atoms with van der Waals surface area (Å²) >= 11 is 51.6. The van der Waals surface area contributed by atoms with Gasteiger partial charge in [0.05, 0.1) is 5.56 Å². The highest BCUT2D eigenvalue weighted by molar-refractivity contribution is 6.67. The van der Waals surface area contributed by atoms with Crippen molar-refractivity contribution in [2.75, 3.05) is 31.5 Å². The molecule has 3 aromatic rings. The van der Waals surface area contributed by atoms with Crippen molar-refractivity contribution in [3.63, 3.8) is 0 Å². The molecule has 0 spiro atoms. The zero-order chi connectivity index (χ0) is 31.9. The van der Waals surface area contributed by atoms with Crippen molar-refractivity contribution in [2.45, 2.75) is 31.4 Å². The molecule has 0 atom stereocenters. The number of nitrogens with one attached hydrogen (secondary N) is 1. The molecular formula is C25H23Cl9F3N5. The first-order chi connectivity index (χ1) is 19.3. The molecule has 2 aromatic carbocycles. The summed E-state index contributed by atoms with van der Waals surface area (Å²) in [7, 11) is 0. The molecule has 5 nitrogen and oxygen atoms in total. The normalized spacial score (nSPS) is 12.6. The number of nitrogens with zero attached hydrogens (tertiary/aromatic N) is 4. The van der Waals surface area contributed by atoms with Crippen LogP contribution in [0.5, 0.6) is 0 Å². The molecule has 0 aliphatic carbocycles. The summed E-state index contributed by atoms with van der Waals surface area (Å²) in [6.07, 6.45) is -4.43. The van der Waals surface area contributed by atoms with Crippen LogP contribution in [0.15, 0.2) is 48.5 Å². The maximum Gasteiger partial charge on any atom is 0.416 e. The van der Waals surface area contributed by atoms with Crippen LogP contribution in [-0.4, -0.2) is 46.0 Å². The minimum absolute atomic E-state index is 0.107. The van der Waals surface area contributed by atoms with Crippen molar-refractivity contribution in [3.05, 3.63) is 71.0 Å². The van der Waals surface area contributed by atoms with Crippen LogP contribution >= 0.6 is 104 Å². The van der Waals surface area contributed by atoms with E-state index in [0.29, 0.717) is 23.2 Å². The zero-order valence-corrected chi connectivity index (χ0v) is 28.6. The summed E-state index contributed by atoms with van der Waals surface area (Å²) in [5, 5.41) is 3.04. The molecule has 0 saturated heterocycles. The Morgan fingerprint density at radius 1 is 0.643 bits per heavy atom. The van der Waals surface area contributed by atoms with Gasteiger partial charge in [-0.25, -0.2) is 4.98 Å². The zero-order valence-electron chi connectivity index (χ0n) is 21.8. The Morgan fingerprint density at radius 2 is 1.10 bits per heavy atom. The first-order valence-corrected chi connectivity index (χ1v) is 15.4. The molecule has 1 aromatic heterocycles. The predicted molar refractivity (Wildman–Crippen MR) is 171 cm³/mol. The topological polar surface area (TPSA) is 53.9 Å². The number of aromatic nitrogens is 3. The SMILES string of the molecule is CCN(CC)CCNc1nc(-c2ccc(C(F)(F)F)cc2)nc(C(Cl)(Cl)Cl)n1.ClC(Cl)(Cl)c1ccc(C(Cl)(Cl)Cl)cc1. The fourth-order valence-corrected chi connectivity index (χ4v) is 4.24. The third-order valence-corrected chi connectivity index (χ3v) is 7.32. The van der Waals surface area contributed by atoms with Gasteiger partial charge in [0, 0.05) is 29.8 Å². The van der Waals surface area contributed by atoms with Gasteiger partial charge in [-0.15, -0.1) is 0 Å². The number of halogens is 12. The molecule has 0 aliphatic rings. The quantitative estimate of drug-likeness (QED) is 0.243. The lowest BCUT2D eigenvalue weighted by Gasteiger charge is -2.18. The van der Waals surface area contributed by atoms with Crippen LogP contribution in [0, 0.1) is 0 Å². The van der Waals surface area contributed by atoms with Gasteiger partial charge in [-0.3, -0.25) is 0 Å². The lowest BCUT2D eigenvalue weighted by molar-refractivity contribution is -0.137. The number of hydrogen-bond acceptors (Lipinski definition) is 5. The Kier molecular flexibility index (Phi) is 14.2. The number of anilines is 1. The highest BCUT2D eigenvalue weighted by Crippen LogP contribution is 2.42. The molecule has 3 rings (SSSR count). The van der Waals surface area contributed by atoms with Crippen molar-refractivity contribution in [1.29, 1.82) is 0 Å². The Bertz CT molecular complexity index is 1240. The average Bonchev–Trinajstić information content (AvgIpc) is 2.89. The Balaban J connectivity index is 0.000000369. The lowest BCUT2D eigenvalue weighted by atomic mass is 10.1. The number of hydrogen-bond donors (Lipinski definition) is 1. The van der Waals surface area contributed by atoms with Gasteiger partial charge >= 0.3 is 6.18 Å². The molecule has 0 bridgehead atoms. The van der Waals surface area contributed by atoms with Gasteiger partial charge < -0.3 is 10.2 Å². The van der Waals surface area contributed by atoms with Crippen LogP contribution < -0.4 is 5.32 Å². The minimum Gasteiger partial charge on any atom is -0.353 e. The van der Waals surface area contributed by atoms with E-state index in [1.54, 1.807) is 24.3 Å². The molecule has 0 unspecified atom stereocenters. The molecule has 232 valence electrons. The molecule has 1 N–H and O–H groups in total. The molecule has 0 aliphatic heterocycles. The van der Waals surface area contributed by atoms with E-state index in [1.807, 2.05) is 0 Å². The van der Waals surface area contributed by atoms with E-state index in [0.717, 1.165) is 31.8 Å². The van der Waals surface area contributed by atoms with Crippen molar-refractivity contribution < 1.29 is 13.2 Å². The van der Waals surface area contributed by atoms with Crippen molar-refractivity contribution in [1.82, 2.24) is 19.9 Å². The van der Waals surface area contributed by atoms with Gasteiger partial charge in [-0.05, 0) is 25.2 Å². The molecule has 0 fully saturated rings. The molecule has 0 radical (unpaired) electrons.